The van der Waals surface area contributed by atoms with E-state index in [2.05, 4.69) is 4.98 Å². The number of rotatable bonds is 2. The normalized spacial score (nSPS) is 21.5. The maximum atomic E-state index is 12.7. The average molecular weight is 300 g/mol. The number of nitrogens with zero attached hydrogens (tertiary/aromatic N) is 3. The molecule has 1 fully saturated rings. The average Bonchev–Trinajstić information content (AvgIpc) is 2.89. The summed E-state index contributed by atoms with van der Waals surface area (Å²) < 4.78 is 1.43. The van der Waals surface area contributed by atoms with E-state index in [4.69, 9.17) is 5.73 Å². The van der Waals surface area contributed by atoms with E-state index in [0.29, 0.717) is 24.7 Å². The molecule has 0 bridgehead atoms. The molecule has 1 aliphatic heterocycles. The smallest absolute Gasteiger partial charge is 0.270 e. The first-order chi connectivity index (χ1) is 10.5. The van der Waals surface area contributed by atoms with E-state index in [1.807, 2.05) is 19.9 Å². The summed E-state index contributed by atoms with van der Waals surface area (Å²) >= 11 is 0. The number of aromatic nitrogens is 2. The number of nitrogens with two attached hydrogens (primary N) is 1. The summed E-state index contributed by atoms with van der Waals surface area (Å²) in [7, 11) is 0. The Kier molecular flexibility index (Phi) is 3.70. The summed E-state index contributed by atoms with van der Waals surface area (Å²) in [5, 5.41) is 0. The van der Waals surface area contributed by atoms with Crippen molar-refractivity contribution in [2.75, 3.05) is 13.1 Å². The van der Waals surface area contributed by atoms with Crippen LogP contribution in [0.4, 0.5) is 0 Å². The fraction of sp³-hybridized carbons (Fsp3) is 0.438. The molecule has 6 nitrogen and oxygen atoms in total. The predicted octanol–water partition coefficient (Wildman–Crippen LogP) is 0.812. The highest BCUT2D eigenvalue weighted by Gasteiger charge is 2.33. The van der Waals surface area contributed by atoms with Crippen LogP contribution in [-0.2, 0) is 0 Å². The summed E-state index contributed by atoms with van der Waals surface area (Å²) in [4.78, 5) is 31.3. The highest BCUT2D eigenvalue weighted by atomic mass is 16.2. The van der Waals surface area contributed by atoms with E-state index in [9.17, 15) is 9.59 Å². The molecule has 0 aromatic carbocycles. The van der Waals surface area contributed by atoms with E-state index in [0.717, 1.165) is 12.0 Å². The molecule has 2 aromatic rings. The molecule has 1 amide bonds. The number of hydrogen-bond donors (Lipinski definition) is 1. The summed E-state index contributed by atoms with van der Waals surface area (Å²) in [6.45, 7) is 5.05. The zero-order chi connectivity index (χ0) is 15.9. The van der Waals surface area contributed by atoms with Gasteiger partial charge >= 0.3 is 0 Å². The Labute approximate surface area is 128 Å². The number of amides is 1. The van der Waals surface area contributed by atoms with Crippen LogP contribution in [0.5, 0.6) is 0 Å². The van der Waals surface area contributed by atoms with Gasteiger partial charge in [-0.3, -0.25) is 14.0 Å². The maximum Gasteiger partial charge on any atom is 0.270 e. The van der Waals surface area contributed by atoms with E-state index < -0.39 is 0 Å². The number of hydrogen-bond acceptors (Lipinski definition) is 4. The molecule has 0 spiro atoms. The summed E-state index contributed by atoms with van der Waals surface area (Å²) in [6.07, 6.45) is 3.97. The van der Waals surface area contributed by atoms with Crippen molar-refractivity contribution in [1.82, 2.24) is 14.3 Å². The van der Waals surface area contributed by atoms with Gasteiger partial charge in [0, 0.05) is 25.0 Å². The highest BCUT2D eigenvalue weighted by molar-refractivity contribution is 5.94. The summed E-state index contributed by atoms with van der Waals surface area (Å²) in [5.41, 5.74) is 6.99. The van der Waals surface area contributed by atoms with Crippen molar-refractivity contribution in [1.29, 1.82) is 0 Å². The van der Waals surface area contributed by atoms with Crippen LogP contribution in [-0.4, -0.2) is 39.3 Å². The lowest BCUT2D eigenvalue weighted by Crippen LogP contribution is -2.38. The first kappa shape index (κ1) is 14.7. The van der Waals surface area contributed by atoms with Crippen molar-refractivity contribution >= 4 is 11.6 Å². The molecule has 22 heavy (non-hydrogen) atoms. The van der Waals surface area contributed by atoms with Crippen molar-refractivity contribution in [3.63, 3.8) is 0 Å². The van der Waals surface area contributed by atoms with Gasteiger partial charge in [-0.15, -0.1) is 0 Å². The topological polar surface area (TPSA) is 80.7 Å². The number of likely N-dealkylation sites (tertiary alicyclic amines) is 1. The van der Waals surface area contributed by atoms with Crippen LogP contribution in [0, 0.1) is 12.8 Å². The molecule has 1 aliphatic rings. The molecule has 116 valence electrons. The number of fused-ring (bicyclic) bond motifs is 1. The fourth-order valence-corrected chi connectivity index (χ4v) is 3.08. The van der Waals surface area contributed by atoms with E-state index in [1.165, 1.54) is 10.6 Å². The molecular formula is C16H20N4O2. The number of carbonyl (C=O) groups excluding carboxylic acids is 1. The zero-order valence-electron chi connectivity index (χ0n) is 12.8. The van der Waals surface area contributed by atoms with Crippen LogP contribution in [0.25, 0.3) is 5.65 Å². The van der Waals surface area contributed by atoms with Crippen LogP contribution >= 0.6 is 0 Å². The van der Waals surface area contributed by atoms with Crippen LogP contribution in [0.1, 0.15) is 29.3 Å². The standard InChI is InChI=1S/C16H20N4O2/c1-10-3-4-14-18-7-13(16(22)20(14)8-10)15(21)19-9-12(6-17)5-11(19)2/h3-4,7-8,11-12H,5-6,9,17H2,1-2H3. The van der Waals surface area contributed by atoms with Crippen molar-refractivity contribution in [2.45, 2.75) is 26.3 Å². The van der Waals surface area contributed by atoms with Crippen LogP contribution in [0.2, 0.25) is 0 Å². The SMILES string of the molecule is Cc1ccc2ncc(C(=O)N3CC(CN)CC3C)c(=O)n2c1. The van der Waals surface area contributed by atoms with Gasteiger partial charge in [0.1, 0.15) is 11.2 Å². The van der Waals surface area contributed by atoms with Gasteiger partial charge in [-0.05, 0) is 44.4 Å². The monoisotopic (exact) mass is 300 g/mol. The van der Waals surface area contributed by atoms with E-state index >= 15 is 0 Å². The number of aryl methyl sites for hydroxylation is 1. The molecule has 1 saturated heterocycles. The van der Waals surface area contributed by atoms with Crippen LogP contribution in [0.3, 0.4) is 0 Å². The van der Waals surface area contributed by atoms with Crippen LogP contribution in [0.15, 0.2) is 29.3 Å². The van der Waals surface area contributed by atoms with Crippen LogP contribution < -0.4 is 11.3 Å². The molecule has 2 atom stereocenters. The summed E-state index contributed by atoms with van der Waals surface area (Å²) in [6, 6.07) is 3.75. The Morgan fingerprint density at radius 1 is 1.45 bits per heavy atom. The molecule has 0 aliphatic carbocycles. The molecule has 6 heteroatoms. The third kappa shape index (κ3) is 2.39. The molecule has 2 unspecified atom stereocenters. The number of pyridine rings is 1. The van der Waals surface area contributed by atoms with Gasteiger partial charge in [0.2, 0.25) is 0 Å². The third-order valence-corrected chi connectivity index (χ3v) is 4.34. The lowest BCUT2D eigenvalue weighted by Gasteiger charge is -2.21. The molecular weight excluding hydrogens is 280 g/mol. The maximum absolute atomic E-state index is 12.7. The number of carbonyl (C=O) groups is 1. The Morgan fingerprint density at radius 2 is 2.23 bits per heavy atom. The van der Waals surface area contributed by atoms with Gasteiger partial charge in [-0.25, -0.2) is 4.98 Å². The second kappa shape index (κ2) is 5.53. The minimum Gasteiger partial charge on any atom is -0.335 e. The van der Waals surface area contributed by atoms with Crippen molar-refractivity contribution in [3.8, 4) is 0 Å². The second-order valence-electron chi connectivity index (χ2n) is 6.06. The highest BCUT2D eigenvalue weighted by Crippen LogP contribution is 2.23. The second-order valence-corrected chi connectivity index (χ2v) is 6.06. The lowest BCUT2D eigenvalue weighted by molar-refractivity contribution is 0.0741. The fourth-order valence-electron chi connectivity index (χ4n) is 3.08. The predicted molar refractivity (Wildman–Crippen MR) is 83.9 cm³/mol. The first-order valence-corrected chi connectivity index (χ1v) is 7.50. The van der Waals surface area contributed by atoms with Gasteiger partial charge in [0.25, 0.3) is 11.5 Å². The van der Waals surface area contributed by atoms with E-state index in [-0.39, 0.29) is 23.1 Å². The van der Waals surface area contributed by atoms with Gasteiger partial charge < -0.3 is 10.6 Å². The van der Waals surface area contributed by atoms with Gasteiger partial charge in [-0.1, -0.05) is 6.07 Å². The van der Waals surface area contributed by atoms with Gasteiger partial charge in [0.15, 0.2) is 0 Å². The molecule has 0 radical (unpaired) electrons. The Hall–Kier alpha value is -2.21. The molecule has 3 rings (SSSR count). The first-order valence-electron chi connectivity index (χ1n) is 7.50. The van der Waals surface area contributed by atoms with Crippen molar-refractivity contribution in [3.05, 3.63) is 46.0 Å². The minimum absolute atomic E-state index is 0.0960. The van der Waals surface area contributed by atoms with Crippen molar-refractivity contribution < 1.29 is 4.79 Å². The minimum atomic E-state index is -0.318. The lowest BCUT2D eigenvalue weighted by atomic mass is 10.1. The molecule has 2 aromatic heterocycles. The summed E-state index contributed by atoms with van der Waals surface area (Å²) in [5.74, 6) is 0.0502. The quantitative estimate of drug-likeness (QED) is 0.890. The van der Waals surface area contributed by atoms with E-state index in [1.54, 1.807) is 17.2 Å². The Bertz CT molecular complexity index is 783. The zero-order valence-corrected chi connectivity index (χ0v) is 12.8. The van der Waals surface area contributed by atoms with Gasteiger partial charge in [0.05, 0.1) is 0 Å². The third-order valence-electron chi connectivity index (χ3n) is 4.34. The largest absolute Gasteiger partial charge is 0.335 e. The van der Waals surface area contributed by atoms with Gasteiger partial charge in [-0.2, -0.15) is 0 Å². The Balaban J connectivity index is 2.01. The Morgan fingerprint density at radius 3 is 2.91 bits per heavy atom. The molecule has 0 saturated carbocycles. The molecule has 3 heterocycles. The molecule has 2 N–H and O–H groups in total. The van der Waals surface area contributed by atoms with Crippen molar-refractivity contribution in [2.24, 2.45) is 11.7 Å².